The Morgan fingerprint density at radius 2 is 2.15 bits per heavy atom. The first kappa shape index (κ1) is 10.8. The Bertz CT molecular complexity index is 257. The van der Waals surface area contributed by atoms with Crippen LogP contribution in [0.3, 0.4) is 0 Å². The van der Waals surface area contributed by atoms with Crippen molar-refractivity contribution in [1.82, 2.24) is 0 Å². The molecule has 1 unspecified atom stereocenters. The largest absolute Gasteiger partial charge is 0.454 e. The van der Waals surface area contributed by atoms with Gasteiger partial charge in [0, 0.05) is 12.5 Å². The number of hydrogen-bond donors (Lipinski definition) is 1. The smallest absolute Gasteiger partial charge is 0.169 e. The normalized spacial score (nSPS) is 13.6. The van der Waals surface area contributed by atoms with Crippen molar-refractivity contribution in [2.45, 2.75) is 26.2 Å². The SMILES string of the molecule is CC(C)CC(CN)c1ccc(Br)o1. The first-order chi connectivity index (χ1) is 6.13. The van der Waals surface area contributed by atoms with Crippen molar-refractivity contribution in [1.29, 1.82) is 0 Å². The number of rotatable bonds is 4. The van der Waals surface area contributed by atoms with Crippen LogP contribution in [0.25, 0.3) is 0 Å². The molecule has 0 aromatic carbocycles. The molecule has 0 aliphatic rings. The zero-order valence-corrected chi connectivity index (χ0v) is 9.67. The minimum Gasteiger partial charge on any atom is -0.454 e. The lowest BCUT2D eigenvalue weighted by molar-refractivity contribution is 0.404. The summed E-state index contributed by atoms with van der Waals surface area (Å²) >= 11 is 3.29. The average Bonchev–Trinajstić information content (AvgIpc) is 2.47. The molecular weight excluding hydrogens is 230 g/mol. The summed E-state index contributed by atoms with van der Waals surface area (Å²) in [6.07, 6.45) is 1.08. The second-order valence-corrected chi connectivity index (χ2v) is 4.49. The lowest BCUT2D eigenvalue weighted by Crippen LogP contribution is -2.13. The fourth-order valence-electron chi connectivity index (χ4n) is 1.45. The van der Waals surface area contributed by atoms with E-state index in [1.54, 1.807) is 0 Å². The summed E-state index contributed by atoms with van der Waals surface area (Å²) in [6.45, 7) is 5.04. The Hall–Kier alpha value is -0.280. The van der Waals surface area contributed by atoms with Gasteiger partial charge in [0.1, 0.15) is 5.76 Å². The van der Waals surface area contributed by atoms with Crippen molar-refractivity contribution in [3.63, 3.8) is 0 Å². The summed E-state index contributed by atoms with van der Waals surface area (Å²) in [5.41, 5.74) is 5.69. The van der Waals surface area contributed by atoms with Gasteiger partial charge in [0.25, 0.3) is 0 Å². The van der Waals surface area contributed by atoms with E-state index in [4.69, 9.17) is 10.2 Å². The van der Waals surface area contributed by atoms with Gasteiger partial charge in [-0.05, 0) is 40.4 Å². The predicted octanol–water partition coefficient (Wildman–Crippen LogP) is 3.13. The molecule has 1 heterocycles. The monoisotopic (exact) mass is 245 g/mol. The molecule has 2 N–H and O–H groups in total. The maximum atomic E-state index is 5.69. The van der Waals surface area contributed by atoms with Crippen LogP contribution in [-0.4, -0.2) is 6.54 Å². The van der Waals surface area contributed by atoms with Gasteiger partial charge in [-0.2, -0.15) is 0 Å². The lowest BCUT2D eigenvalue weighted by atomic mass is 9.95. The molecule has 2 nitrogen and oxygen atoms in total. The van der Waals surface area contributed by atoms with Crippen LogP contribution < -0.4 is 5.73 Å². The summed E-state index contributed by atoms with van der Waals surface area (Å²) in [4.78, 5) is 0. The summed E-state index contributed by atoms with van der Waals surface area (Å²) in [6, 6.07) is 3.91. The van der Waals surface area contributed by atoms with E-state index in [2.05, 4.69) is 29.8 Å². The van der Waals surface area contributed by atoms with E-state index in [1.165, 1.54) is 0 Å². The number of halogens is 1. The molecule has 0 saturated heterocycles. The van der Waals surface area contributed by atoms with Gasteiger partial charge in [-0.25, -0.2) is 0 Å². The van der Waals surface area contributed by atoms with E-state index in [0.29, 0.717) is 18.4 Å². The number of hydrogen-bond acceptors (Lipinski definition) is 2. The molecule has 0 radical (unpaired) electrons. The van der Waals surface area contributed by atoms with Crippen LogP contribution in [0, 0.1) is 5.92 Å². The van der Waals surface area contributed by atoms with Crippen molar-refractivity contribution in [2.75, 3.05) is 6.54 Å². The van der Waals surface area contributed by atoms with Gasteiger partial charge in [-0.15, -0.1) is 0 Å². The molecule has 13 heavy (non-hydrogen) atoms. The predicted molar refractivity (Wildman–Crippen MR) is 57.7 cm³/mol. The van der Waals surface area contributed by atoms with Crippen molar-refractivity contribution in [3.8, 4) is 0 Å². The number of nitrogens with two attached hydrogens (primary N) is 1. The van der Waals surface area contributed by atoms with Gasteiger partial charge in [-0.3, -0.25) is 0 Å². The van der Waals surface area contributed by atoms with Gasteiger partial charge in [0.05, 0.1) is 0 Å². The highest BCUT2D eigenvalue weighted by molar-refractivity contribution is 9.10. The van der Waals surface area contributed by atoms with E-state index in [0.717, 1.165) is 16.9 Å². The second-order valence-electron chi connectivity index (χ2n) is 3.70. The minimum atomic E-state index is 0.353. The van der Waals surface area contributed by atoms with E-state index >= 15 is 0 Å². The fraction of sp³-hybridized carbons (Fsp3) is 0.600. The third-order valence-electron chi connectivity index (χ3n) is 2.04. The number of furan rings is 1. The molecule has 0 saturated carbocycles. The second kappa shape index (κ2) is 4.82. The summed E-state index contributed by atoms with van der Waals surface area (Å²) < 4.78 is 6.26. The highest BCUT2D eigenvalue weighted by Gasteiger charge is 2.14. The van der Waals surface area contributed by atoms with Crippen LogP contribution in [0.15, 0.2) is 21.2 Å². The highest BCUT2D eigenvalue weighted by atomic mass is 79.9. The Labute approximate surface area is 87.6 Å². The van der Waals surface area contributed by atoms with Crippen LogP contribution in [-0.2, 0) is 0 Å². The molecule has 0 bridgehead atoms. The molecule has 1 rings (SSSR count). The van der Waals surface area contributed by atoms with Gasteiger partial charge >= 0.3 is 0 Å². The maximum absolute atomic E-state index is 5.69. The summed E-state index contributed by atoms with van der Waals surface area (Å²) in [7, 11) is 0. The molecule has 0 spiro atoms. The van der Waals surface area contributed by atoms with Crippen LogP contribution in [0.2, 0.25) is 0 Å². The van der Waals surface area contributed by atoms with Crippen LogP contribution >= 0.6 is 15.9 Å². The molecule has 74 valence electrons. The van der Waals surface area contributed by atoms with Crippen molar-refractivity contribution in [3.05, 3.63) is 22.6 Å². The maximum Gasteiger partial charge on any atom is 0.169 e. The fourth-order valence-corrected chi connectivity index (χ4v) is 1.76. The molecule has 1 atom stereocenters. The molecule has 1 aromatic rings. The molecule has 1 aromatic heterocycles. The van der Waals surface area contributed by atoms with Crippen LogP contribution in [0.5, 0.6) is 0 Å². The lowest BCUT2D eigenvalue weighted by Gasteiger charge is -2.13. The molecule has 3 heteroatoms. The van der Waals surface area contributed by atoms with Crippen molar-refractivity contribution >= 4 is 15.9 Å². The Kier molecular flexibility index (Phi) is 4.00. The van der Waals surface area contributed by atoms with Crippen molar-refractivity contribution in [2.24, 2.45) is 11.7 Å². The zero-order chi connectivity index (χ0) is 9.84. The Morgan fingerprint density at radius 3 is 2.54 bits per heavy atom. The molecule has 0 amide bonds. The third-order valence-corrected chi connectivity index (χ3v) is 2.46. The zero-order valence-electron chi connectivity index (χ0n) is 8.09. The molecular formula is C10H16BrNO. The summed E-state index contributed by atoms with van der Waals surface area (Å²) in [5.74, 6) is 1.99. The third kappa shape index (κ3) is 3.16. The van der Waals surface area contributed by atoms with Crippen LogP contribution in [0.4, 0.5) is 0 Å². The van der Waals surface area contributed by atoms with E-state index in [9.17, 15) is 0 Å². The minimum absolute atomic E-state index is 0.353. The quantitative estimate of drug-likeness (QED) is 0.886. The Morgan fingerprint density at radius 1 is 1.46 bits per heavy atom. The van der Waals surface area contributed by atoms with Crippen molar-refractivity contribution < 1.29 is 4.42 Å². The van der Waals surface area contributed by atoms with Gasteiger partial charge in [0.15, 0.2) is 4.67 Å². The molecule has 0 aliphatic carbocycles. The van der Waals surface area contributed by atoms with Gasteiger partial charge in [0.2, 0.25) is 0 Å². The van der Waals surface area contributed by atoms with E-state index < -0.39 is 0 Å². The highest BCUT2D eigenvalue weighted by Crippen LogP contribution is 2.26. The first-order valence-electron chi connectivity index (χ1n) is 4.58. The standard InChI is InChI=1S/C10H16BrNO/c1-7(2)5-8(6-12)9-3-4-10(11)13-9/h3-4,7-8H,5-6,12H2,1-2H3. The first-order valence-corrected chi connectivity index (χ1v) is 5.38. The van der Waals surface area contributed by atoms with Gasteiger partial charge < -0.3 is 10.2 Å². The average molecular weight is 246 g/mol. The van der Waals surface area contributed by atoms with Crippen LogP contribution in [0.1, 0.15) is 31.9 Å². The van der Waals surface area contributed by atoms with Gasteiger partial charge in [-0.1, -0.05) is 13.8 Å². The van der Waals surface area contributed by atoms with E-state index in [-0.39, 0.29) is 0 Å². The summed E-state index contributed by atoms with van der Waals surface area (Å²) in [5, 5.41) is 0. The molecule has 0 aliphatic heterocycles. The van der Waals surface area contributed by atoms with E-state index in [1.807, 2.05) is 12.1 Å². The molecule has 0 fully saturated rings. The topological polar surface area (TPSA) is 39.2 Å². The Balaban J connectivity index is 2.66.